The molecule has 37 valence electrons. The van der Waals surface area contributed by atoms with Crippen molar-refractivity contribution in [3.05, 3.63) is 17.9 Å². The number of hydrogen-bond donors (Lipinski definition) is 0. The van der Waals surface area contributed by atoms with Gasteiger partial charge in [0.1, 0.15) is 0 Å². The van der Waals surface area contributed by atoms with Crippen LogP contribution in [0.1, 0.15) is 25.7 Å². The van der Waals surface area contributed by atoms with E-state index >= 15 is 0 Å². The SMILES string of the molecule is [C]1=C=CCCCC1. The Bertz CT molecular complexity index is 84.6. The molecule has 1 aliphatic carbocycles. The van der Waals surface area contributed by atoms with E-state index in [1.54, 1.807) is 0 Å². The van der Waals surface area contributed by atoms with Crippen LogP contribution >= 0.6 is 0 Å². The Labute approximate surface area is 44.5 Å². The van der Waals surface area contributed by atoms with Gasteiger partial charge in [0.05, 0.1) is 0 Å². The molecular weight excluding hydrogens is 84.1 g/mol. The van der Waals surface area contributed by atoms with Gasteiger partial charge >= 0.3 is 0 Å². The van der Waals surface area contributed by atoms with E-state index in [1.807, 2.05) is 0 Å². The van der Waals surface area contributed by atoms with Crippen molar-refractivity contribution >= 4 is 0 Å². The predicted octanol–water partition coefficient (Wildman–Crippen LogP) is 2.07. The second-order valence-corrected chi connectivity index (χ2v) is 1.77. The van der Waals surface area contributed by atoms with Gasteiger partial charge in [0.25, 0.3) is 0 Å². The summed E-state index contributed by atoms with van der Waals surface area (Å²) >= 11 is 0. The first kappa shape index (κ1) is 4.67. The maximum atomic E-state index is 3.04. The fraction of sp³-hybridized carbons (Fsp3) is 0.571. The third-order valence-corrected chi connectivity index (χ3v) is 1.10. The van der Waals surface area contributed by atoms with E-state index in [4.69, 9.17) is 0 Å². The maximum absolute atomic E-state index is 3.04. The normalized spacial score (nSPS) is 19.4. The van der Waals surface area contributed by atoms with Crippen molar-refractivity contribution in [2.45, 2.75) is 25.7 Å². The molecule has 0 aliphatic heterocycles. The second-order valence-electron chi connectivity index (χ2n) is 1.77. The number of hydrogen-bond acceptors (Lipinski definition) is 0. The lowest BCUT2D eigenvalue weighted by Gasteiger charge is -1.84. The molecule has 0 unspecified atom stereocenters. The fourth-order valence-corrected chi connectivity index (χ4v) is 0.676. The summed E-state index contributed by atoms with van der Waals surface area (Å²) in [4.78, 5) is 0. The minimum atomic E-state index is 1.11. The van der Waals surface area contributed by atoms with Gasteiger partial charge in [0, 0.05) is 6.08 Å². The summed E-state index contributed by atoms with van der Waals surface area (Å²) in [5.74, 6) is 0. The molecule has 7 heavy (non-hydrogen) atoms. The van der Waals surface area contributed by atoms with Crippen LogP contribution in [-0.4, -0.2) is 0 Å². The van der Waals surface area contributed by atoms with E-state index < -0.39 is 0 Å². The van der Waals surface area contributed by atoms with E-state index in [-0.39, 0.29) is 0 Å². The molecular formula is C7H9. The highest BCUT2D eigenvalue weighted by atomic mass is 13.9. The van der Waals surface area contributed by atoms with Gasteiger partial charge in [0.2, 0.25) is 0 Å². The van der Waals surface area contributed by atoms with Gasteiger partial charge in [-0.15, -0.1) is 5.73 Å². The predicted molar refractivity (Wildman–Crippen MR) is 29.8 cm³/mol. The summed E-state index contributed by atoms with van der Waals surface area (Å²) in [6, 6.07) is 0. The Morgan fingerprint density at radius 1 is 1.29 bits per heavy atom. The second kappa shape index (κ2) is 2.65. The molecule has 0 heterocycles. The van der Waals surface area contributed by atoms with E-state index in [0.29, 0.717) is 0 Å². The van der Waals surface area contributed by atoms with Gasteiger partial charge in [-0.3, -0.25) is 0 Å². The van der Waals surface area contributed by atoms with Gasteiger partial charge in [0.15, 0.2) is 0 Å². The third kappa shape index (κ3) is 1.61. The molecule has 0 N–H and O–H groups in total. The standard InChI is InChI=1S/C7H9/c1-2-4-6-7-5-3-1/h1H,2,4,6-7H2. The molecule has 1 rings (SSSR count). The highest BCUT2D eigenvalue weighted by Crippen LogP contribution is 2.02. The molecule has 0 spiro atoms. The lowest BCUT2D eigenvalue weighted by molar-refractivity contribution is 0.765. The zero-order valence-electron chi connectivity index (χ0n) is 4.41. The molecule has 0 heteroatoms. The lowest BCUT2D eigenvalue weighted by atomic mass is 10.2. The summed E-state index contributed by atoms with van der Waals surface area (Å²) in [5.41, 5.74) is 2.97. The highest BCUT2D eigenvalue weighted by molar-refractivity contribution is 4.82. The Morgan fingerprint density at radius 3 is 3.29 bits per heavy atom. The van der Waals surface area contributed by atoms with Crippen molar-refractivity contribution in [3.8, 4) is 0 Å². The molecule has 0 bridgehead atoms. The van der Waals surface area contributed by atoms with E-state index in [2.05, 4.69) is 17.9 Å². The Hall–Kier alpha value is -0.480. The quantitative estimate of drug-likeness (QED) is 0.402. The van der Waals surface area contributed by atoms with Gasteiger partial charge in [-0.2, -0.15) is 0 Å². The Morgan fingerprint density at radius 2 is 2.29 bits per heavy atom. The smallest absolute Gasteiger partial charge is 0.00453 e. The molecule has 0 aromatic heterocycles. The average molecular weight is 93.1 g/mol. The third-order valence-electron chi connectivity index (χ3n) is 1.10. The molecule has 1 radical (unpaired) electrons. The first-order chi connectivity index (χ1) is 3.50. The van der Waals surface area contributed by atoms with Crippen molar-refractivity contribution in [3.63, 3.8) is 0 Å². The topological polar surface area (TPSA) is 0 Å². The van der Waals surface area contributed by atoms with E-state index in [1.165, 1.54) is 19.3 Å². The molecule has 0 aromatic carbocycles. The van der Waals surface area contributed by atoms with Crippen LogP contribution in [0.4, 0.5) is 0 Å². The largest absolute Gasteiger partial charge is 0.121 e. The summed E-state index contributed by atoms with van der Waals surface area (Å²) < 4.78 is 0. The summed E-state index contributed by atoms with van der Waals surface area (Å²) in [5, 5.41) is 0. The van der Waals surface area contributed by atoms with E-state index in [0.717, 1.165) is 6.42 Å². The van der Waals surface area contributed by atoms with Crippen molar-refractivity contribution in [2.24, 2.45) is 0 Å². The molecule has 1 aliphatic rings. The van der Waals surface area contributed by atoms with Crippen LogP contribution in [0, 0.1) is 6.08 Å². The fourth-order valence-electron chi connectivity index (χ4n) is 0.676. The maximum Gasteiger partial charge on any atom is 0.00453 e. The lowest BCUT2D eigenvalue weighted by Crippen LogP contribution is -1.66. The summed E-state index contributed by atoms with van der Waals surface area (Å²) in [7, 11) is 0. The van der Waals surface area contributed by atoms with Gasteiger partial charge in [-0.05, 0) is 31.8 Å². The van der Waals surface area contributed by atoms with Crippen LogP contribution in [0.3, 0.4) is 0 Å². The van der Waals surface area contributed by atoms with E-state index in [9.17, 15) is 0 Å². The number of allylic oxidation sites excluding steroid dienone is 1. The summed E-state index contributed by atoms with van der Waals surface area (Å²) in [6.07, 6.45) is 10.0. The number of rotatable bonds is 0. The minimum Gasteiger partial charge on any atom is -0.121 e. The van der Waals surface area contributed by atoms with Crippen LogP contribution in [0.15, 0.2) is 11.8 Å². The van der Waals surface area contributed by atoms with Gasteiger partial charge in [-0.25, -0.2) is 0 Å². The Balaban J connectivity index is 2.40. The Kier molecular flexibility index (Phi) is 1.77. The first-order valence-corrected chi connectivity index (χ1v) is 2.80. The van der Waals surface area contributed by atoms with Crippen molar-refractivity contribution in [1.82, 2.24) is 0 Å². The zero-order valence-corrected chi connectivity index (χ0v) is 4.41. The van der Waals surface area contributed by atoms with Gasteiger partial charge in [-0.1, -0.05) is 0 Å². The first-order valence-electron chi connectivity index (χ1n) is 2.80. The molecule has 0 amide bonds. The van der Waals surface area contributed by atoms with Crippen LogP contribution in [0.25, 0.3) is 0 Å². The molecule has 0 saturated carbocycles. The highest BCUT2D eigenvalue weighted by Gasteiger charge is 1.84. The van der Waals surface area contributed by atoms with Crippen molar-refractivity contribution in [2.75, 3.05) is 0 Å². The molecule has 0 atom stereocenters. The van der Waals surface area contributed by atoms with Crippen LogP contribution in [0.2, 0.25) is 0 Å². The monoisotopic (exact) mass is 93.1 g/mol. The minimum absolute atomic E-state index is 1.11. The van der Waals surface area contributed by atoms with Gasteiger partial charge < -0.3 is 0 Å². The van der Waals surface area contributed by atoms with Crippen LogP contribution < -0.4 is 0 Å². The summed E-state index contributed by atoms with van der Waals surface area (Å²) in [6.45, 7) is 0. The average Bonchev–Trinajstić information content (AvgIpc) is 1.90. The van der Waals surface area contributed by atoms with Crippen molar-refractivity contribution in [1.29, 1.82) is 0 Å². The molecule has 0 fully saturated rings. The van der Waals surface area contributed by atoms with Crippen LogP contribution in [0.5, 0.6) is 0 Å². The molecule has 0 nitrogen and oxygen atoms in total. The van der Waals surface area contributed by atoms with Crippen molar-refractivity contribution < 1.29 is 0 Å². The molecule has 0 saturated heterocycles. The molecule has 0 aromatic rings. The van der Waals surface area contributed by atoms with Crippen LogP contribution in [-0.2, 0) is 0 Å². The zero-order chi connectivity index (χ0) is 4.95.